The van der Waals surface area contributed by atoms with Crippen molar-refractivity contribution >= 4 is 11.6 Å². The Labute approximate surface area is 156 Å². The van der Waals surface area contributed by atoms with E-state index in [4.69, 9.17) is 4.74 Å². The quantitative estimate of drug-likeness (QED) is 0.826. The van der Waals surface area contributed by atoms with Gasteiger partial charge in [0, 0.05) is 25.3 Å². The molecule has 3 rings (SSSR count). The molecule has 0 bridgehead atoms. The number of ether oxygens (including phenoxy) is 1. The Balaban J connectivity index is 1.53. The summed E-state index contributed by atoms with van der Waals surface area (Å²) in [4.78, 5) is 15.1. The summed E-state index contributed by atoms with van der Waals surface area (Å²) in [5, 5.41) is 3.06. The second-order valence-electron chi connectivity index (χ2n) is 6.76. The van der Waals surface area contributed by atoms with Crippen LogP contribution in [0.4, 0.5) is 5.69 Å². The Kier molecular flexibility index (Phi) is 6.81. The molecule has 1 aliphatic heterocycles. The molecule has 0 spiro atoms. The second-order valence-corrected chi connectivity index (χ2v) is 6.76. The molecule has 0 unspecified atom stereocenters. The zero-order chi connectivity index (χ0) is 18.2. The molecule has 1 aliphatic rings. The van der Waals surface area contributed by atoms with Crippen LogP contribution < -0.4 is 5.32 Å². The lowest BCUT2D eigenvalue weighted by atomic mass is 9.95. The van der Waals surface area contributed by atoms with E-state index in [1.54, 1.807) is 0 Å². The summed E-state index contributed by atoms with van der Waals surface area (Å²) < 4.78 is 5.38. The third kappa shape index (κ3) is 5.16. The summed E-state index contributed by atoms with van der Waals surface area (Å²) in [5.74, 6) is -0.0584. The largest absolute Gasteiger partial charge is 0.379 e. The third-order valence-electron chi connectivity index (χ3n) is 4.97. The predicted molar refractivity (Wildman–Crippen MR) is 106 cm³/mol. The minimum absolute atomic E-state index is 0.0553. The van der Waals surface area contributed by atoms with Crippen LogP contribution in [0.3, 0.4) is 0 Å². The SMILES string of the molecule is CC[C@H](C(=O)Nc1ccc(CCN2CCOCC2)cc1)c1ccccc1. The van der Waals surface area contributed by atoms with Crippen molar-refractivity contribution in [3.63, 3.8) is 0 Å². The van der Waals surface area contributed by atoms with Crippen LogP contribution in [0.15, 0.2) is 54.6 Å². The van der Waals surface area contributed by atoms with Gasteiger partial charge >= 0.3 is 0 Å². The molecule has 0 aliphatic carbocycles. The van der Waals surface area contributed by atoms with E-state index < -0.39 is 0 Å². The van der Waals surface area contributed by atoms with Gasteiger partial charge in [0.05, 0.1) is 19.1 Å². The number of nitrogens with one attached hydrogen (secondary N) is 1. The van der Waals surface area contributed by atoms with Gasteiger partial charge in [-0.1, -0.05) is 49.4 Å². The summed E-state index contributed by atoms with van der Waals surface area (Å²) in [6, 6.07) is 18.2. The van der Waals surface area contributed by atoms with Crippen LogP contribution in [0.1, 0.15) is 30.4 Å². The first-order chi connectivity index (χ1) is 12.8. The topological polar surface area (TPSA) is 41.6 Å². The molecule has 2 aromatic carbocycles. The van der Waals surface area contributed by atoms with Gasteiger partial charge in [-0.15, -0.1) is 0 Å². The maximum atomic E-state index is 12.6. The van der Waals surface area contributed by atoms with Crippen molar-refractivity contribution in [2.24, 2.45) is 0 Å². The molecule has 138 valence electrons. The first-order valence-electron chi connectivity index (χ1n) is 9.51. The molecule has 1 N–H and O–H groups in total. The summed E-state index contributed by atoms with van der Waals surface area (Å²) >= 11 is 0. The van der Waals surface area contributed by atoms with Gasteiger partial charge in [0.15, 0.2) is 0 Å². The number of carbonyl (C=O) groups excluding carboxylic acids is 1. The van der Waals surface area contributed by atoms with Gasteiger partial charge in [-0.05, 0) is 36.1 Å². The number of anilines is 1. The maximum Gasteiger partial charge on any atom is 0.231 e. The first kappa shape index (κ1) is 18.6. The minimum Gasteiger partial charge on any atom is -0.379 e. The van der Waals surface area contributed by atoms with Gasteiger partial charge < -0.3 is 10.1 Å². The van der Waals surface area contributed by atoms with Crippen molar-refractivity contribution in [3.8, 4) is 0 Å². The van der Waals surface area contributed by atoms with E-state index in [9.17, 15) is 4.79 Å². The number of nitrogens with zero attached hydrogens (tertiary/aromatic N) is 1. The fraction of sp³-hybridized carbons (Fsp3) is 0.409. The van der Waals surface area contributed by atoms with Crippen molar-refractivity contribution in [2.45, 2.75) is 25.7 Å². The molecule has 1 heterocycles. The molecular weight excluding hydrogens is 324 g/mol. The lowest BCUT2D eigenvalue weighted by molar-refractivity contribution is -0.117. The van der Waals surface area contributed by atoms with E-state index in [0.29, 0.717) is 0 Å². The predicted octanol–water partition coefficient (Wildman–Crippen LogP) is 3.69. The number of morpholine rings is 1. The molecule has 0 saturated carbocycles. The van der Waals surface area contributed by atoms with Crippen LogP contribution in [0, 0.1) is 0 Å². The second kappa shape index (κ2) is 9.51. The zero-order valence-electron chi connectivity index (χ0n) is 15.5. The van der Waals surface area contributed by atoms with E-state index in [1.165, 1.54) is 5.56 Å². The van der Waals surface area contributed by atoms with Gasteiger partial charge in [-0.2, -0.15) is 0 Å². The van der Waals surface area contributed by atoms with Crippen molar-refractivity contribution in [1.82, 2.24) is 4.90 Å². The van der Waals surface area contributed by atoms with Crippen LogP contribution >= 0.6 is 0 Å². The van der Waals surface area contributed by atoms with Crippen LogP contribution in [-0.4, -0.2) is 43.7 Å². The molecule has 0 aromatic heterocycles. The van der Waals surface area contributed by atoms with Crippen LogP contribution in [0.2, 0.25) is 0 Å². The lowest BCUT2D eigenvalue weighted by Crippen LogP contribution is -2.37. The highest BCUT2D eigenvalue weighted by atomic mass is 16.5. The third-order valence-corrected chi connectivity index (χ3v) is 4.97. The molecule has 26 heavy (non-hydrogen) atoms. The highest BCUT2D eigenvalue weighted by Crippen LogP contribution is 2.21. The molecule has 0 radical (unpaired) electrons. The number of benzene rings is 2. The summed E-state index contributed by atoms with van der Waals surface area (Å²) in [5.41, 5.74) is 3.22. The van der Waals surface area contributed by atoms with Gasteiger partial charge in [0.1, 0.15) is 0 Å². The van der Waals surface area contributed by atoms with Crippen molar-refractivity contribution < 1.29 is 9.53 Å². The van der Waals surface area contributed by atoms with E-state index in [-0.39, 0.29) is 11.8 Å². The molecule has 1 amide bonds. The summed E-state index contributed by atoms with van der Waals surface area (Å²) in [6.07, 6.45) is 1.81. The van der Waals surface area contributed by atoms with E-state index in [2.05, 4.69) is 22.3 Å². The Morgan fingerprint density at radius 2 is 1.77 bits per heavy atom. The summed E-state index contributed by atoms with van der Waals surface area (Å²) in [7, 11) is 0. The van der Waals surface area contributed by atoms with Crippen molar-refractivity contribution in [3.05, 3.63) is 65.7 Å². The monoisotopic (exact) mass is 352 g/mol. The van der Waals surface area contributed by atoms with Crippen LogP contribution in [0.25, 0.3) is 0 Å². The van der Waals surface area contributed by atoms with E-state index in [0.717, 1.165) is 56.9 Å². The van der Waals surface area contributed by atoms with Crippen LogP contribution in [0.5, 0.6) is 0 Å². The smallest absolute Gasteiger partial charge is 0.231 e. The molecule has 2 aromatic rings. The first-order valence-corrected chi connectivity index (χ1v) is 9.51. The fourth-order valence-corrected chi connectivity index (χ4v) is 3.35. The number of hydrogen-bond donors (Lipinski definition) is 1. The van der Waals surface area contributed by atoms with Gasteiger partial charge in [0.2, 0.25) is 5.91 Å². The Morgan fingerprint density at radius 1 is 1.08 bits per heavy atom. The Bertz CT molecular complexity index is 679. The van der Waals surface area contributed by atoms with E-state index in [1.807, 2.05) is 49.4 Å². The molecule has 1 saturated heterocycles. The molecule has 1 fully saturated rings. The fourth-order valence-electron chi connectivity index (χ4n) is 3.35. The number of carbonyl (C=O) groups is 1. The molecule has 4 heteroatoms. The highest BCUT2D eigenvalue weighted by molar-refractivity contribution is 5.95. The molecule has 4 nitrogen and oxygen atoms in total. The van der Waals surface area contributed by atoms with Gasteiger partial charge in [-0.25, -0.2) is 0 Å². The zero-order valence-corrected chi connectivity index (χ0v) is 15.5. The average molecular weight is 352 g/mol. The number of hydrogen-bond acceptors (Lipinski definition) is 3. The number of amides is 1. The standard InChI is InChI=1S/C22H28N2O2/c1-2-21(19-6-4-3-5-7-19)22(25)23-20-10-8-18(9-11-20)12-13-24-14-16-26-17-15-24/h3-11,21H,2,12-17H2,1H3,(H,23,25)/t21-/m0/s1. The normalized spacial score (nSPS) is 16.2. The van der Waals surface area contributed by atoms with Crippen LogP contribution in [-0.2, 0) is 16.0 Å². The Hall–Kier alpha value is -2.17. The molecular formula is C22H28N2O2. The van der Waals surface area contributed by atoms with Crippen molar-refractivity contribution in [2.75, 3.05) is 38.2 Å². The highest BCUT2D eigenvalue weighted by Gasteiger charge is 2.18. The Morgan fingerprint density at radius 3 is 2.42 bits per heavy atom. The molecule has 1 atom stereocenters. The lowest BCUT2D eigenvalue weighted by Gasteiger charge is -2.26. The number of rotatable bonds is 7. The maximum absolute atomic E-state index is 12.6. The minimum atomic E-state index is -0.114. The average Bonchev–Trinajstić information content (AvgIpc) is 2.70. The summed E-state index contributed by atoms with van der Waals surface area (Å²) in [6.45, 7) is 6.82. The van der Waals surface area contributed by atoms with Gasteiger partial charge in [0.25, 0.3) is 0 Å². The van der Waals surface area contributed by atoms with E-state index >= 15 is 0 Å². The van der Waals surface area contributed by atoms with Crippen molar-refractivity contribution in [1.29, 1.82) is 0 Å². The van der Waals surface area contributed by atoms with Gasteiger partial charge in [-0.3, -0.25) is 9.69 Å².